The molecule has 0 aromatic rings. The molecule has 0 aromatic carbocycles. The van der Waals surface area contributed by atoms with Gasteiger partial charge in [0.1, 0.15) is 6.61 Å². The quantitative estimate of drug-likeness (QED) is 0.195. The second kappa shape index (κ2) is 7.26. The average Bonchev–Trinajstić information content (AvgIpc) is 2.64. The highest BCUT2D eigenvalue weighted by molar-refractivity contribution is 14.1. The third kappa shape index (κ3) is 4.33. The standard InChI is InChI=1S/C10H11IO8/c1-5(13)18-9-8(17-4-12)6(19-10(9)15)3-16-7(14)2-11/h4,6,8-9H,2-3H2,1H3/t6-,8+,9+/m1/s1. The Morgan fingerprint density at radius 1 is 1.47 bits per heavy atom. The molecule has 1 aliphatic rings. The highest BCUT2D eigenvalue weighted by Crippen LogP contribution is 2.22. The Labute approximate surface area is 121 Å². The summed E-state index contributed by atoms with van der Waals surface area (Å²) in [7, 11) is 0. The van der Waals surface area contributed by atoms with Gasteiger partial charge in [-0.1, -0.05) is 22.6 Å². The topological polar surface area (TPSA) is 105 Å². The summed E-state index contributed by atoms with van der Waals surface area (Å²) in [4.78, 5) is 43.7. The minimum Gasteiger partial charge on any atom is -0.461 e. The van der Waals surface area contributed by atoms with E-state index in [1.807, 2.05) is 22.6 Å². The molecule has 1 rings (SSSR count). The van der Waals surface area contributed by atoms with E-state index < -0.39 is 36.2 Å². The molecule has 1 heterocycles. The first-order valence-electron chi connectivity index (χ1n) is 5.18. The molecule has 1 aliphatic heterocycles. The Morgan fingerprint density at radius 3 is 2.68 bits per heavy atom. The first kappa shape index (κ1) is 15.7. The smallest absolute Gasteiger partial charge is 0.352 e. The van der Waals surface area contributed by atoms with Crippen LogP contribution in [0.3, 0.4) is 0 Å². The molecule has 0 N–H and O–H groups in total. The van der Waals surface area contributed by atoms with Crippen LogP contribution in [0.4, 0.5) is 0 Å². The van der Waals surface area contributed by atoms with E-state index in [1.54, 1.807) is 0 Å². The van der Waals surface area contributed by atoms with Gasteiger partial charge in [0.2, 0.25) is 6.10 Å². The summed E-state index contributed by atoms with van der Waals surface area (Å²) in [6, 6.07) is 0. The molecule has 0 bridgehead atoms. The Kier molecular flexibility index (Phi) is 5.99. The van der Waals surface area contributed by atoms with Gasteiger partial charge in [0.15, 0.2) is 12.2 Å². The van der Waals surface area contributed by atoms with Crippen molar-refractivity contribution in [3.63, 3.8) is 0 Å². The molecule has 0 aliphatic carbocycles. The van der Waals surface area contributed by atoms with Crippen LogP contribution < -0.4 is 0 Å². The molecule has 0 saturated carbocycles. The minimum absolute atomic E-state index is 0.107. The summed E-state index contributed by atoms with van der Waals surface area (Å²) in [5.74, 6) is -2.07. The lowest BCUT2D eigenvalue weighted by atomic mass is 10.1. The van der Waals surface area contributed by atoms with Gasteiger partial charge in [-0.25, -0.2) is 4.79 Å². The lowest BCUT2D eigenvalue weighted by Gasteiger charge is -2.18. The van der Waals surface area contributed by atoms with Crippen LogP contribution in [0.2, 0.25) is 0 Å². The molecular formula is C10H11IO8. The number of ether oxygens (including phenoxy) is 4. The van der Waals surface area contributed by atoms with Crippen LogP contribution in [-0.2, 0) is 38.1 Å². The fourth-order valence-electron chi connectivity index (χ4n) is 1.47. The van der Waals surface area contributed by atoms with Crippen LogP contribution in [0.25, 0.3) is 0 Å². The number of rotatable bonds is 6. The van der Waals surface area contributed by atoms with Crippen molar-refractivity contribution in [3.8, 4) is 0 Å². The summed E-state index contributed by atoms with van der Waals surface area (Å²) < 4.78 is 19.2. The second-order valence-corrected chi connectivity index (χ2v) is 4.28. The van der Waals surface area contributed by atoms with Crippen molar-refractivity contribution in [2.75, 3.05) is 11.0 Å². The number of carbonyl (C=O) groups excluding carboxylic acids is 4. The molecule has 0 unspecified atom stereocenters. The summed E-state index contributed by atoms with van der Waals surface area (Å²) in [6.45, 7) is 0.939. The summed E-state index contributed by atoms with van der Waals surface area (Å²) >= 11 is 1.81. The molecule has 8 nitrogen and oxygen atoms in total. The van der Waals surface area contributed by atoms with Crippen LogP contribution in [0, 0.1) is 0 Å². The molecule has 19 heavy (non-hydrogen) atoms. The Hall–Kier alpha value is -1.39. The van der Waals surface area contributed by atoms with Gasteiger partial charge in [-0.2, -0.15) is 0 Å². The molecule has 106 valence electrons. The fraction of sp³-hybridized carbons (Fsp3) is 0.600. The van der Waals surface area contributed by atoms with Gasteiger partial charge in [0, 0.05) is 6.92 Å². The van der Waals surface area contributed by atoms with E-state index >= 15 is 0 Å². The molecular weight excluding hydrogens is 375 g/mol. The molecule has 0 aromatic heterocycles. The summed E-state index contributed by atoms with van der Waals surface area (Å²) in [5.41, 5.74) is 0. The molecule has 0 amide bonds. The average molecular weight is 386 g/mol. The van der Waals surface area contributed by atoms with Crippen molar-refractivity contribution in [1.29, 1.82) is 0 Å². The second-order valence-electron chi connectivity index (χ2n) is 3.52. The van der Waals surface area contributed by atoms with Crippen molar-refractivity contribution < 1.29 is 38.1 Å². The van der Waals surface area contributed by atoms with Gasteiger partial charge in [-0.05, 0) is 0 Å². The zero-order valence-corrected chi connectivity index (χ0v) is 12.0. The van der Waals surface area contributed by atoms with Crippen molar-refractivity contribution in [3.05, 3.63) is 0 Å². The van der Waals surface area contributed by atoms with Crippen molar-refractivity contribution in [2.45, 2.75) is 25.2 Å². The maximum Gasteiger partial charge on any atom is 0.352 e. The number of hydrogen-bond donors (Lipinski definition) is 0. The maximum absolute atomic E-state index is 11.5. The molecule has 9 heteroatoms. The van der Waals surface area contributed by atoms with Crippen LogP contribution in [0.15, 0.2) is 0 Å². The van der Waals surface area contributed by atoms with E-state index in [1.165, 1.54) is 0 Å². The highest BCUT2D eigenvalue weighted by Gasteiger charge is 2.49. The Morgan fingerprint density at radius 2 is 2.16 bits per heavy atom. The summed E-state index contributed by atoms with van der Waals surface area (Å²) in [6.07, 6.45) is -3.46. The van der Waals surface area contributed by atoms with Gasteiger partial charge in [-0.3, -0.25) is 14.4 Å². The van der Waals surface area contributed by atoms with Crippen LogP contribution >= 0.6 is 22.6 Å². The monoisotopic (exact) mass is 386 g/mol. The number of carbonyl (C=O) groups is 4. The predicted octanol–water partition coefficient (Wildman–Crippen LogP) is -0.637. The van der Waals surface area contributed by atoms with Gasteiger partial charge < -0.3 is 18.9 Å². The zero-order chi connectivity index (χ0) is 14.4. The van der Waals surface area contributed by atoms with Gasteiger partial charge in [0.25, 0.3) is 6.47 Å². The summed E-state index contributed by atoms with van der Waals surface area (Å²) in [5, 5.41) is 0. The Bertz CT molecular complexity index is 382. The van der Waals surface area contributed by atoms with E-state index in [2.05, 4.69) is 4.74 Å². The van der Waals surface area contributed by atoms with Gasteiger partial charge >= 0.3 is 17.9 Å². The Balaban J connectivity index is 2.70. The number of cyclic esters (lactones) is 1. The van der Waals surface area contributed by atoms with E-state index in [-0.39, 0.29) is 17.5 Å². The fourth-order valence-corrected chi connectivity index (χ4v) is 1.69. The van der Waals surface area contributed by atoms with E-state index in [0.29, 0.717) is 0 Å². The minimum atomic E-state index is -1.34. The molecule has 1 saturated heterocycles. The lowest BCUT2D eigenvalue weighted by molar-refractivity contribution is -0.163. The van der Waals surface area contributed by atoms with Crippen molar-refractivity contribution >= 4 is 47.0 Å². The molecule has 0 spiro atoms. The molecule has 1 fully saturated rings. The van der Waals surface area contributed by atoms with Crippen LogP contribution in [0.1, 0.15) is 6.92 Å². The highest BCUT2D eigenvalue weighted by atomic mass is 127. The van der Waals surface area contributed by atoms with Crippen molar-refractivity contribution in [1.82, 2.24) is 0 Å². The number of hydrogen-bond acceptors (Lipinski definition) is 8. The first-order chi connectivity index (χ1) is 8.99. The first-order valence-corrected chi connectivity index (χ1v) is 6.70. The lowest BCUT2D eigenvalue weighted by Crippen LogP contribution is -2.39. The predicted molar refractivity (Wildman–Crippen MR) is 66.2 cm³/mol. The third-order valence-corrected chi connectivity index (χ3v) is 2.81. The SMILES string of the molecule is CC(=O)O[C@@H]1C(=O)O[C@H](COC(=O)CI)[C@@H]1OC=O. The van der Waals surface area contributed by atoms with Crippen LogP contribution in [0.5, 0.6) is 0 Å². The maximum atomic E-state index is 11.5. The van der Waals surface area contributed by atoms with Crippen molar-refractivity contribution in [2.24, 2.45) is 0 Å². The number of alkyl halides is 1. The number of esters is 3. The molecule has 3 atom stereocenters. The number of halogens is 1. The van der Waals surface area contributed by atoms with E-state index in [9.17, 15) is 19.2 Å². The zero-order valence-electron chi connectivity index (χ0n) is 9.87. The van der Waals surface area contributed by atoms with Gasteiger partial charge in [0.05, 0.1) is 4.43 Å². The normalized spacial score (nSPS) is 25.4. The third-order valence-electron chi connectivity index (χ3n) is 2.19. The van der Waals surface area contributed by atoms with Crippen LogP contribution in [-0.4, -0.2) is 53.7 Å². The van der Waals surface area contributed by atoms with E-state index in [4.69, 9.17) is 14.2 Å². The molecule has 0 radical (unpaired) electrons. The van der Waals surface area contributed by atoms with E-state index in [0.717, 1.165) is 6.92 Å². The van der Waals surface area contributed by atoms with Gasteiger partial charge in [-0.15, -0.1) is 0 Å². The largest absolute Gasteiger partial charge is 0.461 e.